The molecule has 0 atom stereocenters. The maximum Gasteiger partial charge on any atom is 0.139 e. The van der Waals surface area contributed by atoms with Gasteiger partial charge in [-0.25, -0.2) is 4.39 Å². The predicted octanol–water partition coefficient (Wildman–Crippen LogP) is 3.17. The second-order valence-corrected chi connectivity index (χ2v) is 4.86. The summed E-state index contributed by atoms with van der Waals surface area (Å²) in [5, 5.41) is 3.33. The van der Waals surface area contributed by atoms with Crippen LogP contribution in [0.1, 0.15) is 25.8 Å². The lowest BCUT2D eigenvalue weighted by Crippen LogP contribution is -2.22. The molecule has 1 heterocycles. The third kappa shape index (κ3) is 2.87. The van der Waals surface area contributed by atoms with E-state index < -0.39 is 5.67 Å². The molecule has 0 saturated heterocycles. The van der Waals surface area contributed by atoms with Gasteiger partial charge in [-0.05, 0) is 38.3 Å². The van der Waals surface area contributed by atoms with Gasteiger partial charge in [0.25, 0.3) is 0 Å². The Hall–Kier alpha value is -1.25. The monoisotopic (exact) mass is 223 g/mol. The summed E-state index contributed by atoms with van der Waals surface area (Å²) < 4.78 is 18.7. The van der Waals surface area contributed by atoms with Gasteiger partial charge in [0.2, 0.25) is 0 Å². The van der Waals surface area contributed by atoms with E-state index in [0.717, 1.165) is 24.4 Å². The number of rotatable bonds is 3. The summed E-state index contributed by atoms with van der Waals surface area (Å²) in [5.74, 6) is 0.735. The van der Waals surface area contributed by atoms with Gasteiger partial charge in [0.1, 0.15) is 18.0 Å². The lowest BCUT2D eigenvalue weighted by atomic mass is 10.0. The lowest BCUT2D eigenvalue weighted by Gasteiger charge is -2.20. The zero-order valence-corrected chi connectivity index (χ0v) is 9.85. The van der Waals surface area contributed by atoms with Gasteiger partial charge in [0.05, 0.1) is 0 Å². The van der Waals surface area contributed by atoms with Crippen LogP contribution in [0, 0.1) is 0 Å². The summed E-state index contributed by atoms with van der Waals surface area (Å²) in [7, 11) is 0. The molecule has 0 fully saturated rings. The van der Waals surface area contributed by atoms with E-state index >= 15 is 0 Å². The van der Waals surface area contributed by atoms with Crippen molar-refractivity contribution in [1.29, 1.82) is 0 Å². The van der Waals surface area contributed by atoms with E-state index in [1.165, 1.54) is 25.8 Å². The Labute approximate surface area is 95.8 Å². The minimum Gasteiger partial charge on any atom is -0.490 e. The molecule has 0 radical (unpaired) electrons. The zero-order chi connectivity index (χ0) is 11.6. The molecule has 2 nitrogen and oxygen atoms in total. The maximum atomic E-state index is 13.3. The van der Waals surface area contributed by atoms with Crippen LogP contribution in [0.3, 0.4) is 0 Å². The van der Waals surface area contributed by atoms with Crippen LogP contribution in [0.25, 0.3) is 0 Å². The van der Waals surface area contributed by atoms with Crippen LogP contribution in [0.5, 0.6) is 5.75 Å². The van der Waals surface area contributed by atoms with Gasteiger partial charge in [-0.15, -0.1) is 0 Å². The van der Waals surface area contributed by atoms with Crippen LogP contribution in [0.15, 0.2) is 18.2 Å². The highest BCUT2D eigenvalue weighted by Crippen LogP contribution is 2.27. The minimum absolute atomic E-state index is 0.0891. The fraction of sp³-hybridized carbons (Fsp3) is 0.538. The number of benzene rings is 1. The number of fused-ring (bicyclic) bond motifs is 1. The number of hydrogen-bond donors (Lipinski definition) is 1. The van der Waals surface area contributed by atoms with Crippen LogP contribution in [-0.4, -0.2) is 18.8 Å². The van der Waals surface area contributed by atoms with Gasteiger partial charge in [-0.1, -0.05) is 6.07 Å². The topological polar surface area (TPSA) is 21.3 Å². The Morgan fingerprint density at radius 3 is 3.00 bits per heavy atom. The molecule has 88 valence electrons. The molecular weight excluding hydrogens is 205 g/mol. The number of ether oxygens (including phenoxy) is 1. The second kappa shape index (κ2) is 4.32. The van der Waals surface area contributed by atoms with Crippen molar-refractivity contribution in [3.63, 3.8) is 0 Å². The van der Waals surface area contributed by atoms with Gasteiger partial charge >= 0.3 is 0 Å². The molecule has 16 heavy (non-hydrogen) atoms. The molecule has 0 amide bonds. The van der Waals surface area contributed by atoms with Crippen molar-refractivity contribution >= 4 is 5.69 Å². The van der Waals surface area contributed by atoms with E-state index in [1.54, 1.807) is 0 Å². The first-order chi connectivity index (χ1) is 7.54. The van der Waals surface area contributed by atoms with Crippen LogP contribution < -0.4 is 10.1 Å². The molecule has 1 aliphatic rings. The van der Waals surface area contributed by atoms with E-state index in [0.29, 0.717) is 0 Å². The molecule has 0 aromatic heterocycles. The van der Waals surface area contributed by atoms with Crippen LogP contribution in [0.2, 0.25) is 0 Å². The molecular formula is C13H18FNO. The molecule has 1 aromatic rings. The van der Waals surface area contributed by atoms with Crippen molar-refractivity contribution in [1.82, 2.24) is 0 Å². The minimum atomic E-state index is -1.29. The molecule has 0 saturated carbocycles. The average Bonchev–Trinajstić information content (AvgIpc) is 2.25. The van der Waals surface area contributed by atoms with Gasteiger partial charge in [0, 0.05) is 18.3 Å². The molecule has 1 aromatic carbocycles. The number of halogens is 1. The number of anilines is 1. The third-order valence-corrected chi connectivity index (χ3v) is 2.60. The van der Waals surface area contributed by atoms with Crippen molar-refractivity contribution in [3.8, 4) is 5.75 Å². The number of aryl methyl sites for hydroxylation is 1. The highest BCUT2D eigenvalue weighted by Gasteiger charge is 2.17. The number of hydrogen-bond acceptors (Lipinski definition) is 2. The molecule has 1 N–H and O–H groups in total. The molecule has 0 bridgehead atoms. The Morgan fingerprint density at radius 1 is 1.44 bits per heavy atom. The van der Waals surface area contributed by atoms with Gasteiger partial charge in [-0.3, -0.25) is 0 Å². The Bertz CT molecular complexity index is 371. The number of nitrogens with one attached hydrogen (secondary N) is 1. The Kier molecular flexibility index (Phi) is 3.03. The first-order valence-corrected chi connectivity index (χ1v) is 5.73. The van der Waals surface area contributed by atoms with Crippen molar-refractivity contribution in [2.45, 2.75) is 32.4 Å². The molecule has 0 aliphatic carbocycles. The van der Waals surface area contributed by atoms with E-state index in [1.807, 2.05) is 12.1 Å². The summed E-state index contributed by atoms with van der Waals surface area (Å²) in [6.07, 6.45) is 2.28. The molecule has 1 aliphatic heterocycles. The van der Waals surface area contributed by atoms with Crippen molar-refractivity contribution in [2.75, 3.05) is 18.5 Å². The van der Waals surface area contributed by atoms with Gasteiger partial charge < -0.3 is 10.1 Å². The highest BCUT2D eigenvalue weighted by atomic mass is 19.1. The SMILES string of the molecule is CC(C)(F)COc1ccc2c(c1)NCCC2. The van der Waals surface area contributed by atoms with E-state index in [-0.39, 0.29) is 6.61 Å². The average molecular weight is 223 g/mol. The largest absolute Gasteiger partial charge is 0.490 e. The maximum absolute atomic E-state index is 13.3. The van der Waals surface area contributed by atoms with Crippen LogP contribution in [0.4, 0.5) is 10.1 Å². The van der Waals surface area contributed by atoms with Gasteiger partial charge in [0.15, 0.2) is 0 Å². The van der Waals surface area contributed by atoms with E-state index in [9.17, 15) is 4.39 Å². The first kappa shape index (κ1) is 11.2. The normalized spacial score (nSPS) is 15.2. The van der Waals surface area contributed by atoms with E-state index in [4.69, 9.17) is 4.74 Å². The van der Waals surface area contributed by atoms with Crippen LogP contribution in [-0.2, 0) is 6.42 Å². The summed E-state index contributed by atoms with van der Waals surface area (Å²) in [5.41, 5.74) is 1.15. The standard InChI is InChI=1S/C13H18FNO/c1-13(2,14)9-16-11-6-5-10-4-3-7-15-12(10)8-11/h5-6,8,15H,3-4,7,9H2,1-2H3. The smallest absolute Gasteiger partial charge is 0.139 e. The zero-order valence-electron chi connectivity index (χ0n) is 9.85. The van der Waals surface area contributed by atoms with Crippen LogP contribution >= 0.6 is 0 Å². The summed E-state index contributed by atoms with van der Waals surface area (Å²) in [6.45, 7) is 4.13. The second-order valence-electron chi connectivity index (χ2n) is 4.86. The highest BCUT2D eigenvalue weighted by molar-refractivity contribution is 5.56. The fourth-order valence-electron chi connectivity index (χ4n) is 1.78. The van der Waals surface area contributed by atoms with Crippen molar-refractivity contribution in [2.24, 2.45) is 0 Å². The Morgan fingerprint density at radius 2 is 2.25 bits per heavy atom. The molecule has 0 unspecified atom stereocenters. The lowest BCUT2D eigenvalue weighted by molar-refractivity contribution is 0.121. The van der Waals surface area contributed by atoms with Crippen molar-refractivity contribution < 1.29 is 9.13 Å². The fourth-order valence-corrected chi connectivity index (χ4v) is 1.78. The third-order valence-electron chi connectivity index (χ3n) is 2.60. The molecule has 3 heteroatoms. The quantitative estimate of drug-likeness (QED) is 0.849. The number of alkyl halides is 1. The molecule has 2 rings (SSSR count). The molecule has 0 spiro atoms. The van der Waals surface area contributed by atoms with Crippen molar-refractivity contribution in [3.05, 3.63) is 23.8 Å². The summed E-state index contributed by atoms with van der Waals surface area (Å²) >= 11 is 0. The van der Waals surface area contributed by atoms with Gasteiger partial charge in [-0.2, -0.15) is 0 Å². The first-order valence-electron chi connectivity index (χ1n) is 5.73. The summed E-state index contributed by atoms with van der Waals surface area (Å²) in [4.78, 5) is 0. The Balaban J connectivity index is 2.06. The van der Waals surface area contributed by atoms with E-state index in [2.05, 4.69) is 11.4 Å². The summed E-state index contributed by atoms with van der Waals surface area (Å²) in [6, 6.07) is 5.93. The predicted molar refractivity (Wildman–Crippen MR) is 63.9 cm³/mol.